The molecule has 1 aliphatic rings. The normalized spacial score (nSPS) is 15.6. The van der Waals surface area contributed by atoms with Crippen LogP contribution in [0.3, 0.4) is 0 Å². The quantitative estimate of drug-likeness (QED) is 0.763. The molecule has 0 fully saturated rings. The Bertz CT molecular complexity index is 474. The lowest BCUT2D eigenvalue weighted by Gasteiger charge is -2.27. The smallest absolute Gasteiger partial charge is 0.0945 e. The summed E-state index contributed by atoms with van der Waals surface area (Å²) in [5.74, 6) is 0. The molecule has 4 heteroatoms. The molecule has 0 aromatic heterocycles. The minimum Gasteiger partial charge on any atom is -0.367 e. The van der Waals surface area contributed by atoms with Gasteiger partial charge in [0.25, 0.3) is 0 Å². The number of halogens is 2. The number of hydrogen-bond acceptors (Lipinski definition) is 2. The minimum absolute atomic E-state index is 0.564. The molecule has 16 heavy (non-hydrogen) atoms. The van der Waals surface area contributed by atoms with Crippen molar-refractivity contribution in [3.05, 3.63) is 39.9 Å². The van der Waals surface area contributed by atoms with Crippen LogP contribution in [-0.4, -0.2) is 13.1 Å². The predicted molar refractivity (Wildman–Crippen MR) is 67.0 cm³/mol. The van der Waals surface area contributed by atoms with Crippen LogP contribution in [0.15, 0.2) is 29.8 Å². The van der Waals surface area contributed by atoms with Crippen LogP contribution in [0.4, 0.5) is 5.69 Å². The average molecular weight is 253 g/mol. The maximum Gasteiger partial charge on any atom is 0.0945 e. The topological polar surface area (TPSA) is 27.0 Å². The Kier molecular flexibility index (Phi) is 3.38. The molecule has 0 atom stereocenters. The molecule has 0 amide bonds. The molecule has 0 unspecified atom stereocenters. The van der Waals surface area contributed by atoms with Gasteiger partial charge in [0.15, 0.2) is 0 Å². The maximum atomic E-state index is 8.75. The lowest BCUT2D eigenvalue weighted by atomic mass is 10.1. The summed E-state index contributed by atoms with van der Waals surface area (Å²) < 4.78 is 0. The summed E-state index contributed by atoms with van der Waals surface area (Å²) in [5, 5.41) is 9.88. The summed E-state index contributed by atoms with van der Waals surface area (Å²) in [5.41, 5.74) is 1.90. The third kappa shape index (κ3) is 2.32. The van der Waals surface area contributed by atoms with E-state index in [4.69, 9.17) is 28.5 Å². The fourth-order valence-corrected chi connectivity index (χ4v) is 1.98. The molecule has 2 nitrogen and oxygen atoms in total. The molecule has 0 spiro atoms. The summed E-state index contributed by atoms with van der Waals surface area (Å²) >= 11 is 11.8. The summed E-state index contributed by atoms with van der Waals surface area (Å²) in [4.78, 5) is 2.17. The van der Waals surface area contributed by atoms with Gasteiger partial charge in [0.05, 0.1) is 16.1 Å². The first-order valence-corrected chi connectivity index (χ1v) is 5.75. The second-order valence-electron chi connectivity index (χ2n) is 3.64. The van der Waals surface area contributed by atoms with Gasteiger partial charge in [0, 0.05) is 24.4 Å². The standard InChI is InChI=1S/C12H10Cl2N2/c13-11-2-1-10(7-12(11)14)16-5-3-9(8-15)4-6-16/h1-3,7H,4-6H2. The highest BCUT2D eigenvalue weighted by Gasteiger charge is 2.12. The van der Waals surface area contributed by atoms with Crippen LogP contribution in [0.5, 0.6) is 0 Å². The molecule has 0 N–H and O–H groups in total. The highest BCUT2D eigenvalue weighted by Crippen LogP contribution is 2.28. The first-order chi connectivity index (χ1) is 7.70. The molecule has 0 bridgehead atoms. The molecule has 2 rings (SSSR count). The molecule has 1 aromatic carbocycles. The van der Waals surface area contributed by atoms with Crippen LogP contribution in [-0.2, 0) is 0 Å². The van der Waals surface area contributed by atoms with Crippen molar-refractivity contribution in [1.29, 1.82) is 5.26 Å². The number of nitrogens with zero attached hydrogens (tertiary/aromatic N) is 2. The fraction of sp³-hybridized carbons (Fsp3) is 0.250. The van der Waals surface area contributed by atoms with Crippen molar-refractivity contribution in [3.8, 4) is 6.07 Å². The molecule has 0 aliphatic carbocycles. The molecular formula is C12H10Cl2N2. The van der Waals surface area contributed by atoms with E-state index in [1.54, 1.807) is 6.07 Å². The Balaban J connectivity index is 2.18. The second kappa shape index (κ2) is 4.78. The van der Waals surface area contributed by atoms with Crippen molar-refractivity contribution < 1.29 is 0 Å². The van der Waals surface area contributed by atoms with E-state index in [2.05, 4.69) is 11.0 Å². The Morgan fingerprint density at radius 1 is 1.25 bits per heavy atom. The zero-order valence-corrected chi connectivity index (χ0v) is 10.1. The number of nitriles is 1. The van der Waals surface area contributed by atoms with Gasteiger partial charge in [-0.25, -0.2) is 0 Å². The third-order valence-corrected chi connectivity index (χ3v) is 3.36. The predicted octanol–water partition coefficient (Wildman–Crippen LogP) is 3.65. The molecule has 82 valence electrons. The molecule has 0 saturated carbocycles. The number of hydrogen-bond donors (Lipinski definition) is 0. The minimum atomic E-state index is 0.564. The van der Waals surface area contributed by atoms with Gasteiger partial charge < -0.3 is 4.90 Å². The first kappa shape index (κ1) is 11.3. The largest absolute Gasteiger partial charge is 0.367 e. The maximum absolute atomic E-state index is 8.75. The number of anilines is 1. The van der Waals surface area contributed by atoms with Gasteiger partial charge >= 0.3 is 0 Å². The van der Waals surface area contributed by atoms with E-state index in [9.17, 15) is 0 Å². The lowest BCUT2D eigenvalue weighted by Crippen LogP contribution is -2.28. The summed E-state index contributed by atoms with van der Waals surface area (Å²) in [6.07, 6.45) is 2.74. The average Bonchev–Trinajstić information content (AvgIpc) is 2.33. The number of rotatable bonds is 1. The van der Waals surface area contributed by atoms with Gasteiger partial charge in [-0.15, -0.1) is 0 Å². The van der Waals surface area contributed by atoms with E-state index < -0.39 is 0 Å². The molecule has 0 radical (unpaired) electrons. The zero-order valence-electron chi connectivity index (χ0n) is 8.58. The highest BCUT2D eigenvalue weighted by atomic mass is 35.5. The highest BCUT2D eigenvalue weighted by molar-refractivity contribution is 6.42. The number of benzene rings is 1. The zero-order chi connectivity index (χ0) is 11.5. The van der Waals surface area contributed by atoms with Gasteiger partial charge in [-0.2, -0.15) is 5.26 Å². The van der Waals surface area contributed by atoms with Crippen molar-refractivity contribution in [2.24, 2.45) is 0 Å². The molecule has 1 aliphatic heterocycles. The van der Waals surface area contributed by atoms with Crippen LogP contribution >= 0.6 is 23.2 Å². The van der Waals surface area contributed by atoms with Crippen molar-refractivity contribution in [3.63, 3.8) is 0 Å². The monoisotopic (exact) mass is 252 g/mol. The summed E-state index contributed by atoms with van der Waals surface area (Å²) in [7, 11) is 0. The van der Waals surface area contributed by atoms with E-state index in [-0.39, 0.29) is 0 Å². The van der Waals surface area contributed by atoms with Crippen molar-refractivity contribution >= 4 is 28.9 Å². The van der Waals surface area contributed by atoms with Crippen molar-refractivity contribution in [2.75, 3.05) is 18.0 Å². The second-order valence-corrected chi connectivity index (χ2v) is 4.45. The summed E-state index contributed by atoms with van der Waals surface area (Å²) in [6.45, 7) is 1.60. The fourth-order valence-electron chi connectivity index (χ4n) is 1.69. The Hall–Kier alpha value is -1.17. The van der Waals surface area contributed by atoms with E-state index in [0.29, 0.717) is 10.0 Å². The first-order valence-electron chi connectivity index (χ1n) is 5.00. The third-order valence-electron chi connectivity index (χ3n) is 2.62. The van der Waals surface area contributed by atoms with Gasteiger partial charge in [0.2, 0.25) is 0 Å². The SMILES string of the molecule is N#CC1=CCN(c2ccc(Cl)c(Cl)c2)CC1. The van der Waals surface area contributed by atoms with Crippen molar-refractivity contribution in [1.82, 2.24) is 0 Å². The van der Waals surface area contributed by atoms with Crippen molar-refractivity contribution in [2.45, 2.75) is 6.42 Å². The van der Waals surface area contributed by atoms with Gasteiger partial charge in [-0.1, -0.05) is 29.3 Å². The van der Waals surface area contributed by atoms with Gasteiger partial charge in [-0.05, 0) is 24.6 Å². The van der Waals surface area contributed by atoms with Crippen LogP contribution in [0, 0.1) is 11.3 Å². The van der Waals surface area contributed by atoms with Crippen LogP contribution in [0.2, 0.25) is 10.0 Å². The molecule has 1 aromatic rings. The van der Waals surface area contributed by atoms with Crippen LogP contribution < -0.4 is 4.90 Å². The Morgan fingerprint density at radius 2 is 2.06 bits per heavy atom. The Morgan fingerprint density at radius 3 is 2.62 bits per heavy atom. The molecule has 0 saturated heterocycles. The van der Waals surface area contributed by atoms with Gasteiger partial charge in [0.1, 0.15) is 0 Å². The van der Waals surface area contributed by atoms with E-state index in [1.807, 2.05) is 18.2 Å². The van der Waals surface area contributed by atoms with E-state index in [1.165, 1.54) is 0 Å². The Labute approximate surface area is 105 Å². The van der Waals surface area contributed by atoms with Gasteiger partial charge in [-0.3, -0.25) is 0 Å². The summed E-state index contributed by atoms with van der Waals surface area (Å²) in [6, 6.07) is 7.78. The molecule has 1 heterocycles. The van der Waals surface area contributed by atoms with Crippen LogP contribution in [0.25, 0.3) is 0 Å². The van der Waals surface area contributed by atoms with E-state index >= 15 is 0 Å². The van der Waals surface area contributed by atoms with E-state index in [0.717, 1.165) is 30.8 Å². The van der Waals surface area contributed by atoms with Crippen LogP contribution in [0.1, 0.15) is 6.42 Å². The molecular weight excluding hydrogens is 243 g/mol. The lowest BCUT2D eigenvalue weighted by molar-refractivity contribution is 0.802.